The summed E-state index contributed by atoms with van der Waals surface area (Å²) in [4.78, 5) is 27.7. The summed E-state index contributed by atoms with van der Waals surface area (Å²) in [5.74, 6) is -2.00. The molecule has 0 radical (unpaired) electrons. The molecule has 0 aliphatic heterocycles. The van der Waals surface area contributed by atoms with Gasteiger partial charge in [-0.3, -0.25) is 9.59 Å². The third-order valence-corrected chi connectivity index (χ3v) is 16.0. The molecule has 13 heteroatoms. The maximum atomic E-state index is 14.2. The van der Waals surface area contributed by atoms with Gasteiger partial charge in [-0.2, -0.15) is 26.3 Å². The molecule has 3 aromatic rings. The van der Waals surface area contributed by atoms with E-state index in [0.29, 0.717) is 18.3 Å². The summed E-state index contributed by atoms with van der Waals surface area (Å²) in [6.45, 7) is 15.3. The van der Waals surface area contributed by atoms with Crippen LogP contribution in [0.2, 0.25) is 18.1 Å². The molecule has 2 amide bonds. The number of hydrogen-bond donors (Lipinski definition) is 2. The monoisotopic (exact) mass is 726 g/mol. The van der Waals surface area contributed by atoms with Crippen LogP contribution in [0.4, 0.5) is 26.3 Å². The van der Waals surface area contributed by atoms with Gasteiger partial charge in [0.25, 0.3) is 5.91 Å². The highest BCUT2D eigenvalue weighted by Gasteiger charge is 2.42. The first-order chi connectivity index (χ1) is 22.5. The van der Waals surface area contributed by atoms with E-state index in [9.17, 15) is 35.9 Å². The Bertz CT molecular complexity index is 1490. The van der Waals surface area contributed by atoms with Crippen LogP contribution in [0.1, 0.15) is 63.0 Å². The van der Waals surface area contributed by atoms with Crippen molar-refractivity contribution in [2.45, 2.75) is 90.2 Å². The average Bonchev–Trinajstić information content (AvgIpc) is 3.00. The molecule has 49 heavy (non-hydrogen) atoms. The van der Waals surface area contributed by atoms with Gasteiger partial charge in [-0.1, -0.05) is 95.3 Å². The second-order valence-corrected chi connectivity index (χ2v) is 21.0. The Morgan fingerprint density at radius 2 is 1.20 bits per heavy atom. The fourth-order valence-corrected chi connectivity index (χ4v) is 8.99. The molecule has 0 heterocycles. The van der Waals surface area contributed by atoms with Gasteiger partial charge in [-0.15, -0.1) is 0 Å². The minimum atomic E-state index is -5.15. The molecule has 268 valence electrons. The highest BCUT2D eigenvalue weighted by Crippen LogP contribution is 2.39. The molecule has 3 aromatic carbocycles. The first-order valence-electron chi connectivity index (χ1n) is 16.0. The molecule has 0 aliphatic carbocycles. The van der Waals surface area contributed by atoms with Crippen molar-refractivity contribution in [3.63, 3.8) is 0 Å². The van der Waals surface area contributed by atoms with Gasteiger partial charge in [0.1, 0.15) is 6.04 Å². The Labute approximate surface area is 287 Å². The fourth-order valence-electron chi connectivity index (χ4n) is 4.88. The first-order valence-corrected chi connectivity index (χ1v) is 20.4. The van der Waals surface area contributed by atoms with Crippen molar-refractivity contribution in [1.29, 1.82) is 0 Å². The molecular formula is C36H45F6N2O3PSi. The van der Waals surface area contributed by atoms with Gasteiger partial charge in [0, 0.05) is 11.6 Å². The van der Waals surface area contributed by atoms with E-state index in [-0.39, 0.29) is 17.0 Å². The molecule has 0 saturated carbocycles. The standard InChI is InChI=1S/C36H45F6N2O3PSi/c1-23(2)30(22-48(28-15-11-9-12-16-28)29-17-13-10-14-18-29)43-33(46)31(24(3)47-49(7,8)34(4,5)6)44-32(45)25-19-26(35(37,38)39)21-27(20-25)36(40,41)42/h9-21,23-24,30-31H,22H2,1-8H3,(H,43,46)(H,44,45). The molecule has 2 N–H and O–H groups in total. The summed E-state index contributed by atoms with van der Waals surface area (Å²) >= 11 is 0. The number of benzene rings is 3. The van der Waals surface area contributed by atoms with Gasteiger partial charge in [0.15, 0.2) is 8.32 Å². The van der Waals surface area contributed by atoms with Crippen LogP contribution in [0, 0.1) is 5.92 Å². The molecule has 0 fully saturated rings. The molecule has 0 saturated heterocycles. The zero-order chi connectivity index (χ0) is 36.9. The summed E-state index contributed by atoms with van der Waals surface area (Å²) in [5, 5.41) is 7.37. The third kappa shape index (κ3) is 10.9. The van der Waals surface area contributed by atoms with Crippen molar-refractivity contribution in [3.05, 3.63) is 95.6 Å². The number of hydrogen-bond acceptors (Lipinski definition) is 3. The van der Waals surface area contributed by atoms with E-state index in [0.717, 1.165) is 10.6 Å². The van der Waals surface area contributed by atoms with Gasteiger partial charge in [-0.05, 0) is 73.9 Å². The number of alkyl halides is 6. The molecule has 3 unspecified atom stereocenters. The van der Waals surface area contributed by atoms with Crippen LogP contribution in [0.15, 0.2) is 78.9 Å². The van der Waals surface area contributed by atoms with Crippen molar-refractivity contribution >= 4 is 38.7 Å². The van der Waals surface area contributed by atoms with Crippen molar-refractivity contribution in [2.75, 3.05) is 6.16 Å². The quantitative estimate of drug-likeness (QED) is 0.112. The lowest BCUT2D eigenvalue weighted by Gasteiger charge is -2.40. The molecule has 5 nitrogen and oxygen atoms in total. The number of nitrogens with one attached hydrogen (secondary N) is 2. The normalized spacial score (nSPS) is 14.8. The van der Waals surface area contributed by atoms with E-state index >= 15 is 0 Å². The number of rotatable bonds is 12. The molecule has 0 spiro atoms. The van der Waals surface area contributed by atoms with Gasteiger partial charge in [0.2, 0.25) is 5.91 Å². The Morgan fingerprint density at radius 1 is 0.755 bits per heavy atom. The predicted molar refractivity (Wildman–Crippen MR) is 186 cm³/mol. The van der Waals surface area contributed by atoms with E-state index in [4.69, 9.17) is 4.43 Å². The highest BCUT2D eigenvalue weighted by atomic mass is 31.1. The van der Waals surface area contributed by atoms with Crippen LogP contribution < -0.4 is 21.2 Å². The SMILES string of the molecule is CC(C)C(CP(c1ccccc1)c1ccccc1)NC(=O)C(NC(=O)c1cc(C(F)(F)F)cc(C(F)(F)F)c1)C(C)O[Si](C)(C)C(C)(C)C. The molecule has 0 aromatic heterocycles. The summed E-state index contributed by atoms with van der Waals surface area (Å²) in [5.41, 5.74) is -4.14. The van der Waals surface area contributed by atoms with Crippen LogP contribution in [0.5, 0.6) is 0 Å². The van der Waals surface area contributed by atoms with Gasteiger partial charge >= 0.3 is 12.4 Å². The maximum Gasteiger partial charge on any atom is 0.416 e. The van der Waals surface area contributed by atoms with Crippen molar-refractivity contribution in [2.24, 2.45) is 5.92 Å². The third-order valence-electron chi connectivity index (χ3n) is 8.82. The second-order valence-electron chi connectivity index (χ2n) is 14.0. The minimum absolute atomic E-state index is 0.0465. The second kappa shape index (κ2) is 15.8. The molecule has 0 bridgehead atoms. The van der Waals surface area contributed by atoms with E-state index in [1.807, 2.05) is 108 Å². The van der Waals surface area contributed by atoms with E-state index in [1.54, 1.807) is 6.92 Å². The van der Waals surface area contributed by atoms with Crippen LogP contribution in [-0.2, 0) is 21.6 Å². The van der Waals surface area contributed by atoms with Crippen LogP contribution in [0.3, 0.4) is 0 Å². The Hall–Kier alpha value is -3.21. The predicted octanol–water partition coefficient (Wildman–Crippen LogP) is 8.51. The van der Waals surface area contributed by atoms with Crippen molar-refractivity contribution < 1.29 is 40.4 Å². The Balaban J connectivity index is 2.02. The lowest BCUT2D eigenvalue weighted by atomic mass is 10.0. The highest BCUT2D eigenvalue weighted by molar-refractivity contribution is 7.73. The first kappa shape index (κ1) is 40.2. The van der Waals surface area contributed by atoms with Gasteiger partial charge < -0.3 is 15.1 Å². The van der Waals surface area contributed by atoms with Gasteiger partial charge in [-0.25, -0.2) is 0 Å². The summed E-state index contributed by atoms with van der Waals surface area (Å²) < 4.78 is 88.1. The smallest absolute Gasteiger partial charge is 0.412 e. The van der Waals surface area contributed by atoms with E-state index < -0.39 is 75.3 Å². The molecule has 3 rings (SSSR count). The zero-order valence-electron chi connectivity index (χ0n) is 29.0. The topological polar surface area (TPSA) is 67.4 Å². The summed E-state index contributed by atoms with van der Waals surface area (Å²) in [6.07, 6.45) is -10.7. The average molecular weight is 727 g/mol. The van der Waals surface area contributed by atoms with Crippen LogP contribution >= 0.6 is 7.92 Å². The van der Waals surface area contributed by atoms with Crippen molar-refractivity contribution in [3.8, 4) is 0 Å². The lowest BCUT2D eigenvalue weighted by molar-refractivity contribution is -0.143. The molecular weight excluding hydrogens is 681 g/mol. The number of halogens is 6. The fraction of sp³-hybridized carbons (Fsp3) is 0.444. The van der Waals surface area contributed by atoms with Crippen LogP contribution in [0.25, 0.3) is 0 Å². The number of carbonyl (C=O) groups excluding carboxylic acids is 2. The van der Waals surface area contributed by atoms with E-state index in [1.165, 1.54) is 0 Å². The Morgan fingerprint density at radius 3 is 1.59 bits per heavy atom. The largest absolute Gasteiger partial charge is 0.416 e. The van der Waals surface area contributed by atoms with E-state index in [2.05, 4.69) is 10.6 Å². The Kier molecular flexibility index (Phi) is 12.9. The van der Waals surface area contributed by atoms with Crippen molar-refractivity contribution in [1.82, 2.24) is 10.6 Å². The summed E-state index contributed by atoms with van der Waals surface area (Å²) in [7, 11) is -3.52. The zero-order valence-corrected chi connectivity index (χ0v) is 30.9. The maximum absolute atomic E-state index is 14.2. The minimum Gasteiger partial charge on any atom is -0.412 e. The number of carbonyl (C=O) groups is 2. The molecule has 3 atom stereocenters. The lowest BCUT2D eigenvalue weighted by Crippen LogP contribution is -2.58. The molecule has 0 aliphatic rings. The summed E-state index contributed by atoms with van der Waals surface area (Å²) in [6, 6.07) is 18.5. The number of amides is 2. The van der Waals surface area contributed by atoms with Crippen LogP contribution in [-0.4, -0.2) is 44.5 Å². The van der Waals surface area contributed by atoms with Gasteiger partial charge in [0.05, 0.1) is 17.2 Å².